The first-order valence-corrected chi connectivity index (χ1v) is 7.65. The lowest BCUT2D eigenvalue weighted by atomic mass is 9.68. The lowest BCUT2D eigenvalue weighted by Gasteiger charge is -2.33. The van der Waals surface area contributed by atoms with Gasteiger partial charge in [-0.05, 0) is 37.5 Å². The van der Waals surface area contributed by atoms with Gasteiger partial charge in [-0.1, -0.05) is 15.9 Å². The molecule has 0 bridgehead atoms. The largest absolute Gasteiger partial charge is 0.239 e. The number of nitrogens with zero attached hydrogens (tertiary/aromatic N) is 2. The van der Waals surface area contributed by atoms with Gasteiger partial charge in [-0.15, -0.1) is 11.3 Å². The molecule has 1 fully saturated rings. The summed E-state index contributed by atoms with van der Waals surface area (Å²) in [6.45, 7) is 0. The number of halogens is 2. The fourth-order valence-corrected chi connectivity index (χ4v) is 3.51. The first-order chi connectivity index (χ1) is 9.14. The summed E-state index contributed by atoms with van der Waals surface area (Å²) in [6, 6.07) is 7.30. The predicted octanol–water partition coefficient (Wildman–Crippen LogP) is 4.66. The highest BCUT2D eigenvalue weighted by Gasteiger charge is 2.41. The van der Waals surface area contributed by atoms with Crippen LogP contribution < -0.4 is 0 Å². The molecule has 0 saturated heterocycles. The van der Waals surface area contributed by atoms with Crippen LogP contribution in [0.1, 0.15) is 25.0 Å². The number of rotatable bonds is 2. The summed E-state index contributed by atoms with van der Waals surface area (Å²) >= 11 is 4.63. The maximum atomic E-state index is 13.9. The Labute approximate surface area is 123 Å². The van der Waals surface area contributed by atoms with Gasteiger partial charge in [0.25, 0.3) is 0 Å². The average Bonchev–Trinajstić information content (AvgIpc) is 2.78. The smallest absolute Gasteiger partial charge is 0.134 e. The van der Waals surface area contributed by atoms with Crippen LogP contribution in [0.4, 0.5) is 4.39 Å². The number of hydrogen-bond donors (Lipinski definition) is 0. The molecule has 19 heavy (non-hydrogen) atoms. The molecule has 0 unspecified atom stereocenters. The number of nitriles is 1. The Morgan fingerprint density at radius 2 is 2.21 bits per heavy atom. The Balaban J connectivity index is 2.00. The van der Waals surface area contributed by atoms with Crippen molar-refractivity contribution in [3.63, 3.8) is 0 Å². The minimum absolute atomic E-state index is 0.296. The molecular formula is C14H10BrFN2S. The molecular weight excluding hydrogens is 327 g/mol. The van der Waals surface area contributed by atoms with Crippen molar-refractivity contribution in [1.29, 1.82) is 5.26 Å². The zero-order valence-electron chi connectivity index (χ0n) is 9.99. The summed E-state index contributed by atoms with van der Waals surface area (Å²) in [5.74, 6) is -0.296. The molecule has 1 heterocycles. The zero-order chi connectivity index (χ0) is 13.5. The second kappa shape index (κ2) is 4.69. The first kappa shape index (κ1) is 12.8. The van der Waals surface area contributed by atoms with E-state index in [1.165, 1.54) is 17.4 Å². The number of thiazole rings is 1. The molecule has 1 saturated carbocycles. The van der Waals surface area contributed by atoms with Gasteiger partial charge >= 0.3 is 0 Å². The molecule has 0 radical (unpaired) electrons. The molecule has 96 valence electrons. The Morgan fingerprint density at radius 1 is 1.42 bits per heavy atom. The van der Waals surface area contributed by atoms with Crippen molar-refractivity contribution in [2.75, 3.05) is 0 Å². The van der Waals surface area contributed by atoms with Crippen molar-refractivity contribution < 1.29 is 4.39 Å². The van der Waals surface area contributed by atoms with Gasteiger partial charge in [0.15, 0.2) is 0 Å². The minimum atomic E-state index is -0.430. The number of benzene rings is 1. The Kier molecular flexibility index (Phi) is 3.15. The molecule has 1 aromatic carbocycles. The Bertz CT molecular complexity index is 670. The van der Waals surface area contributed by atoms with Crippen LogP contribution in [0.25, 0.3) is 10.6 Å². The highest BCUT2D eigenvalue weighted by atomic mass is 79.9. The maximum Gasteiger partial charge on any atom is 0.134 e. The van der Waals surface area contributed by atoms with E-state index in [-0.39, 0.29) is 5.82 Å². The first-order valence-electron chi connectivity index (χ1n) is 5.97. The van der Waals surface area contributed by atoms with E-state index in [9.17, 15) is 9.65 Å². The van der Waals surface area contributed by atoms with Gasteiger partial charge in [-0.3, -0.25) is 0 Å². The third kappa shape index (κ3) is 2.09. The van der Waals surface area contributed by atoms with E-state index in [0.717, 1.165) is 25.0 Å². The topological polar surface area (TPSA) is 36.7 Å². The highest BCUT2D eigenvalue weighted by Crippen LogP contribution is 2.44. The lowest BCUT2D eigenvalue weighted by Crippen LogP contribution is -2.32. The summed E-state index contributed by atoms with van der Waals surface area (Å²) < 4.78 is 14.6. The molecule has 0 atom stereocenters. The predicted molar refractivity (Wildman–Crippen MR) is 76.4 cm³/mol. The van der Waals surface area contributed by atoms with E-state index in [4.69, 9.17) is 0 Å². The second-order valence-electron chi connectivity index (χ2n) is 4.71. The van der Waals surface area contributed by atoms with Crippen LogP contribution in [-0.4, -0.2) is 4.98 Å². The standard InChI is InChI=1S/C14H10BrFN2S/c15-9-2-3-10(11(16)6-9)13-18-12(7-19-13)14(8-17)4-1-5-14/h2-3,6-7H,1,4-5H2. The fourth-order valence-electron chi connectivity index (χ4n) is 2.24. The van der Waals surface area contributed by atoms with E-state index >= 15 is 0 Å². The molecule has 0 aliphatic heterocycles. The van der Waals surface area contributed by atoms with Crippen molar-refractivity contribution in [1.82, 2.24) is 4.98 Å². The Morgan fingerprint density at radius 3 is 2.79 bits per heavy atom. The maximum absolute atomic E-state index is 13.9. The van der Waals surface area contributed by atoms with Gasteiger partial charge in [-0.25, -0.2) is 9.37 Å². The summed E-state index contributed by atoms with van der Waals surface area (Å²) in [7, 11) is 0. The van der Waals surface area contributed by atoms with Gasteiger partial charge in [0, 0.05) is 15.4 Å². The van der Waals surface area contributed by atoms with Crippen LogP contribution in [0, 0.1) is 17.1 Å². The molecule has 1 aliphatic carbocycles. The van der Waals surface area contributed by atoms with Crippen LogP contribution in [0.2, 0.25) is 0 Å². The van der Waals surface area contributed by atoms with Crippen LogP contribution >= 0.6 is 27.3 Å². The third-order valence-electron chi connectivity index (χ3n) is 3.58. The Hall–Kier alpha value is -1.25. The van der Waals surface area contributed by atoms with E-state index in [1.807, 2.05) is 5.38 Å². The molecule has 5 heteroatoms. The van der Waals surface area contributed by atoms with Crippen LogP contribution in [0.3, 0.4) is 0 Å². The van der Waals surface area contributed by atoms with Crippen molar-refractivity contribution in [2.45, 2.75) is 24.7 Å². The third-order valence-corrected chi connectivity index (χ3v) is 4.95. The van der Waals surface area contributed by atoms with Gasteiger partial charge in [-0.2, -0.15) is 5.26 Å². The normalized spacial score (nSPS) is 16.7. The monoisotopic (exact) mass is 336 g/mol. The molecule has 3 rings (SSSR count). The van der Waals surface area contributed by atoms with Crippen molar-refractivity contribution >= 4 is 27.3 Å². The van der Waals surface area contributed by atoms with Gasteiger partial charge in [0.2, 0.25) is 0 Å². The fraction of sp³-hybridized carbons (Fsp3) is 0.286. The summed E-state index contributed by atoms with van der Waals surface area (Å²) in [5.41, 5.74) is 0.857. The van der Waals surface area contributed by atoms with Crippen molar-refractivity contribution in [3.05, 3.63) is 39.6 Å². The van der Waals surface area contributed by atoms with Crippen molar-refractivity contribution in [3.8, 4) is 16.6 Å². The quantitative estimate of drug-likeness (QED) is 0.799. The van der Waals surface area contributed by atoms with E-state index in [0.29, 0.717) is 15.0 Å². The van der Waals surface area contributed by atoms with Crippen molar-refractivity contribution in [2.24, 2.45) is 0 Å². The summed E-state index contributed by atoms with van der Waals surface area (Å²) in [5, 5.41) is 11.8. The van der Waals surface area contributed by atoms with Gasteiger partial charge in [0.05, 0.1) is 11.8 Å². The molecule has 0 N–H and O–H groups in total. The summed E-state index contributed by atoms with van der Waals surface area (Å²) in [4.78, 5) is 4.48. The van der Waals surface area contributed by atoms with E-state index in [1.54, 1.807) is 12.1 Å². The molecule has 0 amide bonds. The molecule has 2 aromatic rings. The second-order valence-corrected chi connectivity index (χ2v) is 6.48. The number of aromatic nitrogens is 1. The van der Waals surface area contributed by atoms with Gasteiger partial charge in [0.1, 0.15) is 16.2 Å². The van der Waals surface area contributed by atoms with Crippen LogP contribution in [0.15, 0.2) is 28.1 Å². The molecule has 1 aliphatic rings. The SMILES string of the molecule is N#CC1(c2csc(-c3ccc(Br)cc3F)n2)CCC1. The van der Waals surface area contributed by atoms with Crippen LogP contribution in [-0.2, 0) is 5.41 Å². The molecule has 1 aromatic heterocycles. The minimum Gasteiger partial charge on any atom is -0.239 e. The van der Waals surface area contributed by atoms with Gasteiger partial charge < -0.3 is 0 Å². The molecule has 2 nitrogen and oxygen atoms in total. The summed E-state index contributed by atoms with van der Waals surface area (Å²) in [6.07, 6.45) is 2.78. The zero-order valence-corrected chi connectivity index (χ0v) is 12.4. The average molecular weight is 337 g/mol. The lowest BCUT2D eigenvalue weighted by molar-refractivity contribution is 0.317. The highest BCUT2D eigenvalue weighted by molar-refractivity contribution is 9.10. The molecule has 0 spiro atoms. The van der Waals surface area contributed by atoms with E-state index in [2.05, 4.69) is 27.0 Å². The van der Waals surface area contributed by atoms with E-state index < -0.39 is 5.41 Å². The van der Waals surface area contributed by atoms with Crippen LogP contribution in [0.5, 0.6) is 0 Å². The number of hydrogen-bond acceptors (Lipinski definition) is 3.